The van der Waals surface area contributed by atoms with Gasteiger partial charge in [-0.15, -0.1) is 11.6 Å². The number of likely N-dealkylation sites (tertiary alicyclic amines) is 1. The molecular formula is C23H25ClN2O2. The first kappa shape index (κ1) is 19.0. The number of fused-ring (bicyclic) bond motifs is 1. The topological polar surface area (TPSA) is 49.4 Å². The predicted molar refractivity (Wildman–Crippen MR) is 110 cm³/mol. The maximum absolute atomic E-state index is 13.2. The number of hydrogen-bond acceptors (Lipinski definition) is 2. The van der Waals surface area contributed by atoms with Crippen LogP contribution in [0.1, 0.15) is 47.9 Å². The molecule has 3 atom stereocenters. The van der Waals surface area contributed by atoms with Crippen molar-refractivity contribution in [2.45, 2.75) is 43.7 Å². The Morgan fingerprint density at radius 3 is 2.61 bits per heavy atom. The van der Waals surface area contributed by atoms with E-state index in [1.807, 2.05) is 30.3 Å². The smallest absolute Gasteiger partial charge is 0.243 e. The lowest BCUT2D eigenvalue weighted by molar-refractivity contribution is -0.137. The second kappa shape index (κ2) is 8.36. The van der Waals surface area contributed by atoms with E-state index in [1.54, 1.807) is 4.90 Å². The molecule has 1 aliphatic carbocycles. The summed E-state index contributed by atoms with van der Waals surface area (Å²) in [6.45, 7) is 0.537. The Balaban J connectivity index is 1.53. The van der Waals surface area contributed by atoms with E-state index in [-0.39, 0.29) is 29.7 Å². The molecule has 0 aromatic heterocycles. The Kier molecular flexibility index (Phi) is 5.67. The van der Waals surface area contributed by atoms with Crippen LogP contribution in [0.25, 0.3) is 0 Å². The SMILES string of the molecule is O=C(NC1CCCc2ccccc21)[C@H]1C[C@H](c2ccccc2)CN1C(=O)CCl. The number of amides is 2. The average molecular weight is 397 g/mol. The van der Waals surface area contributed by atoms with E-state index in [0.29, 0.717) is 13.0 Å². The van der Waals surface area contributed by atoms with Crippen molar-refractivity contribution >= 4 is 23.4 Å². The van der Waals surface area contributed by atoms with Gasteiger partial charge in [-0.05, 0) is 42.4 Å². The Labute approximate surface area is 170 Å². The molecule has 1 aliphatic heterocycles. The van der Waals surface area contributed by atoms with Crippen molar-refractivity contribution in [1.82, 2.24) is 10.2 Å². The van der Waals surface area contributed by atoms with Crippen molar-refractivity contribution in [3.63, 3.8) is 0 Å². The molecule has 4 nitrogen and oxygen atoms in total. The minimum atomic E-state index is -0.467. The van der Waals surface area contributed by atoms with Gasteiger partial charge in [0.15, 0.2) is 0 Å². The first-order valence-corrected chi connectivity index (χ1v) is 10.5. The van der Waals surface area contributed by atoms with Crippen LogP contribution in [-0.2, 0) is 16.0 Å². The molecule has 2 amide bonds. The summed E-state index contributed by atoms with van der Waals surface area (Å²) >= 11 is 5.83. The number of hydrogen-bond donors (Lipinski definition) is 1. The molecule has 1 fully saturated rings. The van der Waals surface area contributed by atoms with Gasteiger partial charge in [0.05, 0.1) is 6.04 Å². The minimum absolute atomic E-state index is 0.0150. The zero-order chi connectivity index (χ0) is 19.5. The van der Waals surface area contributed by atoms with Gasteiger partial charge in [-0.1, -0.05) is 54.6 Å². The van der Waals surface area contributed by atoms with Crippen LogP contribution in [0, 0.1) is 0 Å². The Morgan fingerprint density at radius 2 is 1.82 bits per heavy atom. The quantitative estimate of drug-likeness (QED) is 0.799. The normalized spacial score (nSPS) is 23.9. The fourth-order valence-electron chi connectivity index (χ4n) is 4.58. The molecule has 1 heterocycles. The summed E-state index contributed by atoms with van der Waals surface area (Å²) < 4.78 is 0. The van der Waals surface area contributed by atoms with Crippen LogP contribution in [0.3, 0.4) is 0 Å². The molecule has 4 rings (SSSR count). The Hall–Kier alpha value is -2.33. The third-order valence-corrected chi connectivity index (χ3v) is 6.22. The van der Waals surface area contributed by atoms with Crippen molar-refractivity contribution < 1.29 is 9.59 Å². The fourth-order valence-corrected chi connectivity index (χ4v) is 4.73. The maximum Gasteiger partial charge on any atom is 0.243 e. The lowest BCUT2D eigenvalue weighted by Gasteiger charge is -2.29. The number of aryl methyl sites for hydroxylation is 1. The number of carbonyl (C=O) groups excluding carboxylic acids is 2. The molecule has 28 heavy (non-hydrogen) atoms. The maximum atomic E-state index is 13.2. The zero-order valence-electron chi connectivity index (χ0n) is 15.8. The van der Waals surface area contributed by atoms with E-state index in [1.165, 1.54) is 11.1 Å². The standard InChI is InChI=1S/C23H25ClN2O2/c24-14-22(27)26-15-18(16-7-2-1-3-8-16)13-21(26)23(28)25-20-12-6-10-17-9-4-5-11-19(17)20/h1-5,7-9,11,18,20-21H,6,10,12-15H2,(H,25,28)/t18-,20?,21+/m0/s1. The van der Waals surface area contributed by atoms with Crippen LogP contribution < -0.4 is 5.32 Å². The van der Waals surface area contributed by atoms with Crippen molar-refractivity contribution in [3.8, 4) is 0 Å². The number of carbonyl (C=O) groups is 2. The molecular weight excluding hydrogens is 372 g/mol. The van der Waals surface area contributed by atoms with E-state index in [9.17, 15) is 9.59 Å². The van der Waals surface area contributed by atoms with Gasteiger partial charge in [-0.2, -0.15) is 0 Å². The molecule has 146 valence electrons. The van der Waals surface area contributed by atoms with Gasteiger partial charge in [-0.25, -0.2) is 0 Å². The van der Waals surface area contributed by atoms with E-state index in [4.69, 9.17) is 11.6 Å². The highest BCUT2D eigenvalue weighted by molar-refractivity contribution is 6.27. The van der Waals surface area contributed by atoms with Gasteiger partial charge < -0.3 is 10.2 Å². The van der Waals surface area contributed by atoms with Crippen LogP contribution in [0.2, 0.25) is 0 Å². The second-order valence-corrected chi connectivity index (χ2v) is 7.96. The molecule has 1 N–H and O–H groups in total. The summed E-state index contributed by atoms with van der Waals surface area (Å²) in [4.78, 5) is 27.3. The first-order chi connectivity index (χ1) is 13.7. The van der Waals surface area contributed by atoms with Crippen LogP contribution in [0.5, 0.6) is 0 Å². The molecule has 2 aliphatic rings. The van der Waals surface area contributed by atoms with Crippen molar-refractivity contribution in [2.75, 3.05) is 12.4 Å². The molecule has 2 aromatic carbocycles. The first-order valence-electron chi connectivity index (χ1n) is 9.96. The molecule has 1 saturated heterocycles. The summed E-state index contributed by atoms with van der Waals surface area (Å²) in [6, 6.07) is 17.9. The lowest BCUT2D eigenvalue weighted by Crippen LogP contribution is -2.47. The van der Waals surface area contributed by atoms with Crippen LogP contribution in [-0.4, -0.2) is 35.2 Å². The summed E-state index contributed by atoms with van der Waals surface area (Å²) in [7, 11) is 0. The highest BCUT2D eigenvalue weighted by Gasteiger charge is 2.40. The third-order valence-electron chi connectivity index (χ3n) is 6.00. The van der Waals surface area contributed by atoms with Gasteiger partial charge in [0.2, 0.25) is 11.8 Å². The highest BCUT2D eigenvalue weighted by atomic mass is 35.5. The molecule has 5 heteroatoms. The molecule has 0 saturated carbocycles. The van der Waals surface area contributed by atoms with Gasteiger partial charge in [0.1, 0.15) is 11.9 Å². The van der Waals surface area contributed by atoms with E-state index < -0.39 is 6.04 Å². The highest BCUT2D eigenvalue weighted by Crippen LogP contribution is 2.34. The van der Waals surface area contributed by atoms with Crippen LogP contribution >= 0.6 is 11.6 Å². The van der Waals surface area contributed by atoms with Crippen molar-refractivity contribution in [1.29, 1.82) is 0 Å². The van der Waals surface area contributed by atoms with Gasteiger partial charge in [-0.3, -0.25) is 9.59 Å². The Morgan fingerprint density at radius 1 is 1.07 bits per heavy atom. The number of nitrogens with zero attached hydrogens (tertiary/aromatic N) is 1. The summed E-state index contributed by atoms with van der Waals surface area (Å²) in [5.74, 6) is -0.192. The molecule has 0 spiro atoms. The average Bonchev–Trinajstić information content (AvgIpc) is 3.20. The molecule has 1 unspecified atom stereocenters. The number of halogens is 1. The molecule has 0 bridgehead atoms. The number of benzene rings is 2. The van der Waals surface area contributed by atoms with Crippen LogP contribution in [0.4, 0.5) is 0 Å². The fraction of sp³-hybridized carbons (Fsp3) is 0.391. The minimum Gasteiger partial charge on any atom is -0.347 e. The number of rotatable bonds is 4. The van der Waals surface area contributed by atoms with E-state index in [2.05, 4.69) is 29.6 Å². The number of nitrogens with one attached hydrogen (secondary N) is 1. The zero-order valence-corrected chi connectivity index (χ0v) is 16.6. The Bertz CT molecular complexity index is 855. The summed E-state index contributed by atoms with van der Waals surface area (Å²) in [6.07, 6.45) is 3.68. The summed E-state index contributed by atoms with van der Waals surface area (Å²) in [5.41, 5.74) is 3.67. The van der Waals surface area contributed by atoms with E-state index in [0.717, 1.165) is 24.8 Å². The second-order valence-electron chi connectivity index (χ2n) is 7.69. The van der Waals surface area contributed by atoms with Crippen molar-refractivity contribution in [2.24, 2.45) is 0 Å². The molecule has 0 radical (unpaired) electrons. The number of alkyl halides is 1. The van der Waals surface area contributed by atoms with Gasteiger partial charge in [0, 0.05) is 12.5 Å². The third kappa shape index (κ3) is 3.79. The van der Waals surface area contributed by atoms with Crippen molar-refractivity contribution in [3.05, 3.63) is 71.3 Å². The lowest BCUT2D eigenvalue weighted by atomic mass is 9.87. The van der Waals surface area contributed by atoms with Gasteiger partial charge >= 0.3 is 0 Å². The van der Waals surface area contributed by atoms with E-state index >= 15 is 0 Å². The molecule has 2 aromatic rings. The van der Waals surface area contributed by atoms with Gasteiger partial charge in [0.25, 0.3) is 0 Å². The monoisotopic (exact) mass is 396 g/mol. The largest absolute Gasteiger partial charge is 0.347 e. The predicted octanol–water partition coefficient (Wildman–Crippen LogP) is 3.80. The van der Waals surface area contributed by atoms with Crippen LogP contribution in [0.15, 0.2) is 54.6 Å². The summed E-state index contributed by atoms with van der Waals surface area (Å²) in [5, 5.41) is 3.22.